The Bertz CT molecular complexity index is 1150. The molecule has 0 bridgehead atoms. The number of fused-ring (bicyclic) bond motifs is 1. The van der Waals surface area contributed by atoms with Crippen molar-refractivity contribution in [1.82, 2.24) is 9.55 Å². The first-order valence-corrected chi connectivity index (χ1v) is 8.60. The molecule has 0 aliphatic rings. The van der Waals surface area contributed by atoms with Crippen LogP contribution in [-0.4, -0.2) is 9.55 Å². The van der Waals surface area contributed by atoms with Crippen molar-refractivity contribution < 1.29 is 0 Å². The van der Waals surface area contributed by atoms with Crippen LogP contribution in [0.1, 0.15) is 11.1 Å². The van der Waals surface area contributed by atoms with Crippen molar-refractivity contribution in [3.63, 3.8) is 0 Å². The first kappa shape index (κ1) is 15.3. The third-order valence-corrected chi connectivity index (χ3v) is 5.08. The molecule has 2 heterocycles. The lowest BCUT2D eigenvalue weighted by molar-refractivity contribution is 0.749. The average molecular weight is 343 g/mol. The van der Waals surface area contributed by atoms with E-state index in [2.05, 4.69) is 11.1 Å². The summed E-state index contributed by atoms with van der Waals surface area (Å²) < 4.78 is 1.58. The maximum atomic E-state index is 12.8. The maximum absolute atomic E-state index is 12.8. The molecule has 0 saturated heterocycles. The van der Waals surface area contributed by atoms with Crippen LogP contribution in [0.3, 0.4) is 0 Å². The average Bonchev–Trinajstić information content (AvgIpc) is 3.10. The minimum Gasteiger partial charge on any atom is -0.294 e. The van der Waals surface area contributed by atoms with Crippen LogP contribution in [0.15, 0.2) is 71.8 Å². The molecule has 5 heteroatoms. The minimum atomic E-state index is -0.0641. The summed E-state index contributed by atoms with van der Waals surface area (Å²) in [4.78, 5) is 19.0. The Morgan fingerprint density at radius 3 is 2.72 bits per heavy atom. The Balaban J connectivity index is 1.75. The van der Waals surface area contributed by atoms with Crippen molar-refractivity contribution in [2.75, 3.05) is 0 Å². The summed E-state index contributed by atoms with van der Waals surface area (Å²) in [6.07, 6.45) is 1.58. The highest BCUT2D eigenvalue weighted by Gasteiger charge is 2.10. The number of hydrogen-bond acceptors (Lipinski definition) is 4. The van der Waals surface area contributed by atoms with Gasteiger partial charge in [0.25, 0.3) is 5.56 Å². The van der Waals surface area contributed by atoms with Crippen LogP contribution < -0.4 is 5.56 Å². The van der Waals surface area contributed by atoms with E-state index in [-0.39, 0.29) is 5.56 Å². The van der Waals surface area contributed by atoms with E-state index in [4.69, 9.17) is 5.26 Å². The van der Waals surface area contributed by atoms with E-state index in [1.54, 1.807) is 23.0 Å². The first-order chi connectivity index (χ1) is 12.2. The van der Waals surface area contributed by atoms with Crippen LogP contribution in [0.25, 0.3) is 20.7 Å². The molecule has 0 aliphatic heterocycles. The van der Waals surface area contributed by atoms with Crippen molar-refractivity contribution in [3.05, 3.63) is 88.5 Å². The molecule has 4 nitrogen and oxygen atoms in total. The molecule has 2 aromatic carbocycles. The highest BCUT2D eigenvalue weighted by molar-refractivity contribution is 7.21. The fraction of sp³-hybridized carbons (Fsp3) is 0.0500. The van der Waals surface area contributed by atoms with Gasteiger partial charge < -0.3 is 0 Å². The number of hydrogen-bond donors (Lipinski definition) is 0. The summed E-state index contributed by atoms with van der Waals surface area (Å²) in [5.41, 5.74) is 2.51. The number of aromatic nitrogens is 2. The molecule has 0 radical (unpaired) electrons. The van der Waals surface area contributed by atoms with E-state index in [0.717, 1.165) is 20.8 Å². The highest BCUT2D eigenvalue weighted by Crippen LogP contribution is 2.30. The molecule has 0 saturated carbocycles. The Morgan fingerprint density at radius 1 is 1.08 bits per heavy atom. The molecule has 0 aliphatic carbocycles. The standard InChI is InChI=1S/C20H13N3OS/c21-11-14-5-4-6-15(9-14)12-23-13-22-19-17(20(23)24)10-18(25-19)16-7-2-1-3-8-16/h1-10,13H,12H2. The molecule has 0 atom stereocenters. The predicted octanol–water partition coefficient (Wildman–Crippen LogP) is 4.04. The predicted molar refractivity (Wildman–Crippen MR) is 99.6 cm³/mol. The Hall–Kier alpha value is -3.23. The third-order valence-electron chi connectivity index (χ3n) is 3.99. The summed E-state index contributed by atoms with van der Waals surface area (Å²) in [5.74, 6) is 0. The third kappa shape index (κ3) is 2.95. The van der Waals surface area contributed by atoms with E-state index >= 15 is 0 Å². The lowest BCUT2D eigenvalue weighted by Gasteiger charge is -2.05. The quantitative estimate of drug-likeness (QED) is 0.564. The van der Waals surface area contributed by atoms with Gasteiger partial charge in [0.2, 0.25) is 0 Å². The van der Waals surface area contributed by atoms with Crippen LogP contribution in [0.5, 0.6) is 0 Å². The fourth-order valence-corrected chi connectivity index (χ4v) is 3.75. The van der Waals surface area contributed by atoms with Crippen molar-refractivity contribution in [3.8, 4) is 16.5 Å². The smallest absolute Gasteiger partial charge is 0.262 e. The summed E-state index contributed by atoms with van der Waals surface area (Å²) in [6.45, 7) is 0.397. The van der Waals surface area contributed by atoms with Gasteiger partial charge in [0.1, 0.15) is 4.83 Å². The number of rotatable bonds is 3. The van der Waals surface area contributed by atoms with E-state index < -0.39 is 0 Å². The van der Waals surface area contributed by atoms with E-state index in [9.17, 15) is 4.79 Å². The molecule has 2 aromatic heterocycles. The lowest BCUT2D eigenvalue weighted by atomic mass is 10.1. The van der Waals surface area contributed by atoms with Gasteiger partial charge in [-0.3, -0.25) is 9.36 Å². The van der Waals surface area contributed by atoms with Crippen molar-refractivity contribution >= 4 is 21.6 Å². The molecule has 0 unspecified atom stereocenters. The van der Waals surface area contributed by atoms with Gasteiger partial charge in [0.15, 0.2) is 0 Å². The zero-order valence-electron chi connectivity index (χ0n) is 13.2. The van der Waals surface area contributed by atoms with Gasteiger partial charge in [-0.15, -0.1) is 11.3 Å². The molecule has 120 valence electrons. The number of thiophene rings is 1. The van der Waals surface area contributed by atoms with Crippen LogP contribution in [0.2, 0.25) is 0 Å². The molecule has 4 aromatic rings. The lowest BCUT2D eigenvalue weighted by Crippen LogP contribution is -2.20. The summed E-state index contributed by atoms with van der Waals surface area (Å²) in [7, 11) is 0. The monoisotopic (exact) mass is 343 g/mol. The largest absolute Gasteiger partial charge is 0.294 e. The topological polar surface area (TPSA) is 58.7 Å². The number of benzene rings is 2. The first-order valence-electron chi connectivity index (χ1n) is 7.78. The second kappa shape index (κ2) is 6.34. The molecule has 25 heavy (non-hydrogen) atoms. The molecule has 4 rings (SSSR count). The van der Waals surface area contributed by atoms with Gasteiger partial charge in [0, 0.05) is 4.88 Å². The van der Waals surface area contributed by atoms with Crippen molar-refractivity contribution in [2.24, 2.45) is 0 Å². The number of nitrogens with zero attached hydrogens (tertiary/aromatic N) is 3. The molecular formula is C20H13N3OS. The Labute approximate surface area is 148 Å². The number of nitriles is 1. The Morgan fingerprint density at radius 2 is 1.92 bits per heavy atom. The van der Waals surface area contributed by atoms with E-state index in [0.29, 0.717) is 17.5 Å². The van der Waals surface area contributed by atoms with Gasteiger partial charge in [0.05, 0.1) is 29.9 Å². The second-order valence-electron chi connectivity index (χ2n) is 5.69. The maximum Gasteiger partial charge on any atom is 0.262 e. The zero-order chi connectivity index (χ0) is 17.2. The van der Waals surface area contributed by atoms with Gasteiger partial charge in [-0.1, -0.05) is 42.5 Å². The van der Waals surface area contributed by atoms with Gasteiger partial charge in [-0.25, -0.2) is 4.98 Å². The van der Waals surface area contributed by atoms with Gasteiger partial charge in [-0.2, -0.15) is 5.26 Å². The minimum absolute atomic E-state index is 0.0641. The molecule has 0 fully saturated rings. The summed E-state index contributed by atoms with van der Waals surface area (Å²) >= 11 is 1.52. The zero-order valence-corrected chi connectivity index (χ0v) is 14.0. The van der Waals surface area contributed by atoms with Crippen LogP contribution in [0, 0.1) is 11.3 Å². The Kier molecular flexibility index (Phi) is 3.88. The van der Waals surface area contributed by atoms with E-state index in [1.165, 1.54) is 11.3 Å². The van der Waals surface area contributed by atoms with E-state index in [1.807, 2.05) is 48.5 Å². The van der Waals surface area contributed by atoms with Crippen LogP contribution in [0.4, 0.5) is 0 Å². The molecule has 0 N–H and O–H groups in total. The SMILES string of the molecule is N#Cc1cccc(Cn2cnc3sc(-c4ccccc4)cc3c2=O)c1. The molecular weight excluding hydrogens is 330 g/mol. The van der Waals surface area contributed by atoms with Crippen molar-refractivity contribution in [2.45, 2.75) is 6.54 Å². The highest BCUT2D eigenvalue weighted by atomic mass is 32.1. The normalized spacial score (nSPS) is 10.7. The van der Waals surface area contributed by atoms with Crippen molar-refractivity contribution in [1.29, 1.82) is 5.26 Å². The van der Waals surface area contributed by atoms with Crippen LogP contribution in [-0.2, 0) is 6.54 Å². The second-order valence-corrected chi connectivity index (χ2v) is 6.72. The van der Waals surface area contributed by atoms with Crippen LogP contribution >= 0.6 is 11.3 Å². The van der Waals surface area contributed by atoms with Gasteiger partial charge in [-0.05, 0) is 29.3 Å². The fourth-order valence-electron chi connectivity index (χ4n) is 2.75. The summed E-state index contributed by atoms with van der Waals surface area (Å²) in [5, 5.41) is 9.63. The molecule has 0 amide bonds. The van der Waals surface area contributed by atoms with Gasteiger partial charge >= 0.3 is 0 Å². The molecule has 0 spiro atoms. The summed E-state index contributed by atoms with van der Waals surface area (Å²) in [6, 6.07) is 21.3.